The fraction of sp³-hybridized carbons (Fsp3) is 0.467. The van der Waals surface area contributed by atoms with E-state index in [0.717, 1.165) is 19.5 Å². The molecule has 1 atom stereocenters. The second kappa shape index (κ2) is 7.27. The average molecular weight is 341 g/mol. The summed E-state index contributed by atoms with van der Waals surface area (Å²) in [4.78, 5) is 1.38. The lowest BCUT2D eigenvalue weighted by atomic mass is 10.1. The van der Waals surface area contributed by atoms with E-state index < -0.39 is 0 Å². The molecule has 4 heteroatoms. The van der Waals surface area contributed by atoms with Gasteiger partial charge >= 0.3 is 0 Å². The van der Waals surface area contributed by atoms with E-state index in [1.807, 2.05) is 0 Å². The maximum atomic E-state index is 3.60. The van der Waals surface area contributed by atoms with E-state index in [1.165, 1.54) is 21.3 Å². The Morgan fingerprint density at radius 2 is 2.26 bits per heavy atom. The molecule has 0 bridgehead atoms. The van der Waals surface area contributed by atoms with Gasteiger partial charge in [0.2, 0.25) is 0 Å². The molecule has 0 fully saturated rings. The van der Waals surface area contributed by atoms with Crippen LogP contribution in [0.1, 0.15) is 43.2 Å². The van der Waals surface area contributed by atoms with Crippen molar-refractivity contribution in [2.75, 3.05) is 6.54 Å². The monoisotopic (exact) mass is 340 g/mol. The molecule has 0 saturated heterocycles. The molecule has 0 aliphatic carbocycles. The Labute approximate surface area is 128 Å². The van der Waals surface area contributed by atoms with E-state index in [4.69, 9.17) is 0 Å². The minimum atomic E-state index is 0.483. The quantitative estimate of drug-likeness (QED) is 0.765. The largest absolute Gasteiger partial charge is 0.349 e. The summed E-state index contributed by atoms with van der Waals surface area (Å²) in [6.07, 6.45) is 6.76. The van der Waals surface area contributed by atoms with Crippen LogP contribution in [0.2, 0.25) is 0 Å². The van der Waals surface area contributed by atoms with Crippen molar-refractivity contribution >= 4 is 27.3 Å². The normalized spacial score (nSPS) is 12.8. The van der Waals surface area contributed by atoms with Crippen LogP contribution in [0.4, 0.5) is 0 Å². The van der Waals surface area contributed by atoms with Crippen molar-refractivity contribution < 1.29 is 0 Å². The van der Waals surface area contributed by atoms with Gasteiger partial charge in [-0.15, -0.1) is 11.3 Å². The molecule has 1 N–H and O–H groups in total. The van der Waals surface area contributed by atoms with Crippen LogP contribution in [0, 0.1) is 0 Å². The zero-order chi connectivity index (χ0) is 13.7. The summed E-state index contributed by atoms with van der Waals surface area (Å²) in [5.41, 5.74) is 1.39. The maximum Gasteiger partial charge on any atom is 0.0564 e. The van der Waals surface area contributed by atoms with Crippen molar-refractivity contribution in [2.24, 2.45) is 0 Å². The fourth-order valence-electron chi connectivity index (χ4n) is 2.20. The lowest BCUT2D eigenvalue weighted by Gasteiger charge is -2.15. The van der Waals surface area contributed by atoms with Crippen molar-refractivity contribution in [3.63, 3.8) is 0 Å². The number of nitrogens with one attached hydrogen (secondary N) is 1. The molecule has 2 aromatic rings. The maximum absolute atomic E-state index is 3.60. The van der Waals surface area contributed by atoms with Crippen LogP contribution in [-0.4, -0.2) is 11.1 Å². The standard InChI is InChI=1S/C15H21BrN2S/c1-3-6-17-15(4-2)12-5-7-18(9-12)10-14-8-13(16)11-19-14/h5,7-9,11,15,17H,3-4,6,10H2,1-2H3. The van der Waals surface area contributed by atoms with Crippen molar-refractivity contribution in [3.05, 3.63) is 44.8 Å². The number of hydrogen-bond donors (Lipinski definition) is 1. The predicted molar refractivity (Wildman–Crippen MR) is 86.9 cm³/mol. The number of rotatable bonds is 7. The Hall–Kier alpha value is -0.580. The first kappa shape index (κ1) is 14.8. The highest BCUT2D eigenvalue weighted by molar-refractivity contribution is 9.10. The molecule has 0 aromatic carbocycles. The number of hydrogen-bond acceptors (Lipinski definition) is 2. The molecule has 0 radical (unpaired) electrons. The van der Waals surface area contributed by atoms with E-state index in [9.17, 15) is 0 Å². The molecule has 2 aromatic heterocycles. The lowest BCUT2D eigenvalue weighted by molar-refractivity contribution is 0.518. The Balaban J connectivity index is 2.01. The van der Waals surface area contributed by atoms with Gasteiger partial charge in [-0.05, 0) is 53.0 Å². The Kier molecular flexibility index (Phi) is 5.67. The number of halogens is 1. The van der Waals surface area contributed by atoms with Gasteiger partial charge in [0.15, 0.2) is 0 Å². The van der Waals surface area contributed by atoms with Crippen LogP contribution in [-0.2, 0) is 6.54 Å². The molecule has 19 heavy (non-hydrogen) atoms. The highest BCUT2D eigenvalue weighted by Gasteiger charge is 2.09. The van der Waals surface area contributed by atoms with Gasteiger partial charge in [-0.25, -0.2) is 0 Å². The van der Waals surface area contributed by atoms with Crippen LogP contribution in [0.15, 0.2) is 34.4 Å². The van der Waals surface area contributed by atoms with Gasteiger partial charge in [0.05, 0.1) is 6.54 Å². The smallest absolute Gasteiger partial charge is 0.0564 e. The lowest BCUT2D eigenvalue weighted by Crippen LogP contribution is -2.21. The molecule has 0 saturated carbocycles. The third kappa shape index (κ3) is 4.20. The van der Waals surface area contributed by atoms with E-state index in [1.54, 1.807) is 11.3 Å². The second-order valence-electron chi connectivity index (χ2n) is 4.76. The molecule has 2 nitrogen and oxygen atoms in total. The highest BCUT2D eigenvalue weighted by atomic mass is 79.9. The van der Waals surface area contributed by atoms with E-state index in [0.29, 0.717) is 6.04 Å². The van der Waals surface area contributed by atoms with Gasteiger partial charge in [-0.2, -0.15) is 0 Å². The van der Waals surface area contributed by atoms with Crippen LogP contribution >= 0.6 is 27.3 Å². The second-order valence-corrected chi connectivity index (χ2v) is 6.67. The molecule has 0 amide bonds. The molecule has 2 heterocycles. The van der Waals surface area contributed by atoms with Gasteiger partial charge in [-0.1, -0.05) is 13.8 Å². The topological polar surface area (TPSA) is 17.0 Å². The van der Waals surface area contributed by atoms with Gasteiger partial charge in [-0.3, -0.25) is 0 Å². The zero-order valence-corrected chi connectivity index (χ0v) is 13.9. The number of aromatic nitrogens is 1. The van der Waals surface area contributed by atoms with Crippen molar-refractivity contribution in [1.82, 2.24) is 9.88 Å². The van der Waals surface area contributed by atoms with Crippen LogP contribution in [0.3, 0.4) is 0 Å². The van der Waals surface area contributed by atoms with Crippen molar-refractivity contribution in [1.29, 1.82) is 0 Å². The predicted octanol–water partition coefficient (Wildman–Crippen LogP) is 4.81. The first-order chi connectivity index (χ1) is 9.22. The summed E-state index contributed by atoms with van der Waals surface area (Å²) >= 11 is 5.30. The SMILES string of the molecule is CCCNC(CC)c1ccn(Cc2cc(Br)cs2)c1. The molecule has 0 spiro atoms. The highest BCUT2D eigenvalue weighted by Crippen LogP contribution is 2.22. The third-order valence-electron chi connectivity index (χ3n) is 3.18. The first-order valence-corrected chi connectivity index (χ1v) is 8.52. The molecule has 2 rings (SSSR count). The van der Waals surface area contributed by atoms with Crippen molar-refractivity contribution in [3.8, 4) is 0 Å². The van der Waals surface area contributed by atoms with Gasteiger partial charge < -0.3 is 9.88 Å². The third-order valence-corrected chi connectivity index (χ3v) is 4.87. The Bertz CT molecular complexity index is 504. The summed E-state index contributed by atoms with van der Waals surface area (Å²) in [7, 11) is 0. The van der Waals surface area contributed by atoms with E-state index >= 15 is 0 Å². The van der Waals surface area contributed by atoms with Crippen LogP contribution in [0.5, 0.6) is 0 Å². The number of nitrogens with zero attached hydrogens (tertiary/aromatic N) is 1. The van der Waals surface area contributed by atoms with Crippen molar-refractivity contribution in [2.45, 2.75) is 39.3 Å². The summed E-state index contributed by atoms with van der Waals surface area (Å²) in [6.45, 7) is 6.49. The summed E-state index contributed by atoms with van der Waals surface area (Å²) < 4.78 is 3.44. The van der Waals surface area contributed by atoms with E-state index in [2.05, 4.69) is 69.6 Å². The molecule has 1 unspecified atom stereocenters. The van der Waals surface area contributed by atoms with Gasteiger partial charge in [0, 0.05) is 33.2 Å². The minimum absolute atomic E-state index is 0.483. The number of thiophene rings is 1. The van der Waals surface area contributed by atoms with Gasteiger partial charge in [0.25, 0.3) is 0 Å². The molecule has 0 aliphatic rings. The molecular formula is C15H21BrN2S. The summed E-state index contributed by atoms with van der Waals surface area (Å²) in [5.74, 6) is 0. The Morgan fingerprint density at radius 3 is 2.89 bits per heavy atom. The average Bonchev–Trinajstić information content (AvgIpc) is 3.01. The van der Waals surface area contributed by atoms with Gasteiger partial charge in [0.1, 0.15) is 0 Å². The first-order valence-electron chi connectivity index (χ1n) is 6.85. The van der Waals surface area contributed by atoms with Crippen LogP contribution < -0.4 is 5.32 Å². The summed E-state index contributed by atoms with van der Waals surface area (Å²) in [6, 6.07) is 4.91. The molecule has 0 aliphatic heterocycles. The summed E-state index contributed by atoms with van der Waals surface area (Å²) in [5, 5.41) is 5.73. The van der Waals surface area contributed by atoms with Crippen LogP contribution in [0.25, 0.3) is 0 Å². The minimum Gasteiger partial charge on any atom is -0.349 e. The molecule has 104 valence electrons. The van der Waals surface area contributed by atoms with E-state index in [-0.39, 0.29) is 0 Å². The fourth-order valence-corrected chi connectivity index (χ4v) is 3.66. The zero-order valence-electron chi connectivity index (χ0n) is 11.5. The molecular weight excluding hydrogens is 320 g/mol. The Morgan fingerprint density at radius 1 is 1.42 bits per heavy atom.